The summed E-state index contributed by atoms with van der Waals surface area (Å²) in [6, 6.07) is 26.2. The average Bonchev–Trinajstić information content (AvgIpc) is 2.70. The molecule has 2 heterocycles. The molecule has 2 aromatic heterocycles. The Labute approximate surface area is 140 Å². The third-order valence-electron chi connectivity index (χ3n) is 3.79. The lowest BCUT2D eigenvalue weighted by molar-refractivity contribution is 1.17. The molecule has 0 bridgehead atoms. The summed E-state index contributed by atoms with van der Waals surface area (Å²) in [5, 5.41) is 0. The highest BCUT2D eigenvalue weighted by atomic mass is 14.9. The monoisotopic (exact) mass is 309 g/mol. The zero-order valence-electron chi connectivity index (χ0n) is 13.0. The summed E-state index contributed by atoms with van der Waals surface area (Å²) in [6.45, 7) is 0. The minimum atomic E-state index is 0.703. The van der Waals surface area contributed by atoms with Crippen molar-refractivity contribution in [1.29, 1.82) is 0 Å². The van der Waals surface area contributed by atoms with Gasteiger partial charge in [0.25, 0.3) is 0 Å². The number of hydrogen-bond acceptors (Lipinski definition) is 3. The summed E-state index contributed by atoms with van der Waals surface area (Å²) in [7, 11) is 0. The predicted octanol–water partition coefficient (Wildman–Crippen LogP) is 4.87. The maximum atomic E-state index is 4.84. The predicted molar refractivity (Wildman–Crippen MR) is 96.1 cm³/mol. The first kappa shape index (κ1) is 14.3. The first-order chi connectivity index (χ1) is 11.9. The summed E-state index contributed by atoms with van der Waals surface area (Å²) in [6.07, 6.45) is 3.51. The molecular formula is C21H15N3. The zero-order chi connectivity index (χ0) is 16.2. The quantitative estimate of drug-likeness (QED) is 0.542. The van der Waals surface area contributed by atoms with Gasteiger partial charge in [-0.3, -0.25) is 0 Å². The molecule has 0 aliphatic rings. The van der Waals surface area contributed by atoms with Crippen LogP contribution in [0.4, 0.5) is 0 Å². The molecule has 4 aromatic rings. The molecule has 0 radical (unpaired) electrons. The fourth-order valence-corrected chi connectivity index (χ4v) is 2.62. The fourth-order valence-electron chi connectivity index (χ4n) is 2.62. The molecule has 0 unspecified atom stereocenters. The number of pyridine rings is 1. The van der Waals surface area contributed by atoms with E-state index in [0.29, 0.717) is 5.82 Å². The maximum Gasteiger partial charge on any atom is 0.159 e. The van der Waals surface area contributed by atoms with E-state index in [-0.39, 0.29) is 0 Å². The number of rotatable bonds is 3. The van der Waals surface area contributed by atoms with Crippen LogP contribution in [-0.2, 0) is 0 Å². The lowest BCUT2D eigenvalue weighted by atomic mass is 10.0. The van der Waals surface area contributed by atoms with Crippen molar-refractivity contribution in [2.24, 2.45) is 0 Å². The standard InChI is InChI=1S/C21H15N3/c1-3-8-16(9-4-1)19-14-18(21-22-12-7-13-23-21)15-20(24-19)17-10-5-2-6-11-17/h1-15H. The first-order valence-corrected chi connectivity index (χ1v) is 7.80. The molecule has 2 aromatic carbocycles. The molecular weight excluding hydrogens is 294 g/mol. The fraction of sp³-hybridized carbons (Fsp3) is 0. The van der Waals surface area contributed by atoms with Crippen LogP contribution in [0.5, 0.6) is 0 Å². The molecule has 0 aliphatic carbocycles. The van der Waals surface area contributed by atoms with Crippen molar-refractivity contribution >= 4 is 0 Å². The van der Waals surface area contributed by atoms with Gasteiger partial charge in [-0.2, -0.15) is 0 Å². The summed E-state index contributed by atoms with van der Waals surface area (Å²) in [4.78, 5) is 13.6. The van der Waals surface area contributed by atoms with Crippen molar-refractivity contribution in [1.82, 2.24) is 15.0 Å². The van der Waals surface area contributed by atoms with Gasteiger partial charge in [-0.25, -0.2) is 15.0 Å². The molecule has 4 rings (SSSR count). The van der Waals surface area contributed by atoms with Gasteiger partial charge in [-0.1, -0.05) is 60.7 Å². The Kier molecular flexibility index (Phi) is 3.82. The Bertz CT molecular complexity index is 797. The third-order valence-corrected chi connectivity index (χ3v) is 3.79. The normalized spacial score (nSPS) is 10.5. The highest BCUT2D eigenvalue weighted by molar-refractivity contribution is 5.73. The van der Waals surface area contributed by atoms with Crippen LogP contribution in [0.2, 0.25) is 0 Å². The Hall–Kier alpha value is -3.33. The minimum absolute atomic E-state index is 0.703. The summed E-state index contributed by atoms with van der Waals surface area (Å²) >= 11 is 0. The van der Waals surface area contributed by atoms with E-state index < -0.39 is 0 Å². The van der Waals surface area contributed by atoms with Crippen molar-refractivity contribution in [3.05, 3.63) is 91.3 Å². The van der Waals surface area contributed by atoms with Crippen molar-refractivity contribution < 1.29 is 0 Å². The largest absolute Gasteiger partial charge is 0.248 e. The van der Waals surface area contributed by atoms with E-state index in [4.69, 9.17) is 4.98 Å². The lowest BCUT2D eigenvalue weighted by Crippen LogP contribution is -1.93. The molecule has 0 atom stereocenters. The van der Waals surface area contributed by atoms with Crippen molar-refractivity contribution in [2.45, 2.75) is 0 Å². The molecule has 0 fully saturated rings. The molecule has 0 amide bonds. The molecule has 114 valence electrons. The SMILES string of the molecule is c1ccc(-c2cc(-c3ncccn3)cc(-c3ccccc3)n2)cc1. The van der Waals surface area contributed by atoms with Gasteiger partial charge in [0, 0.05) is 29.1 Å². The Morgan fingerprint density at radius 2 is 1.00 bits per heavy atom. The van der Waals surface area contributed by atoms with E-state index in [1.54, 1.807) is 12.4 Å². The van der Waals surface area contributed by atoms with E-state index in [2.05, 4.69) is 34.2 Å². The van der Waals surface area contributed by atoms with Crippen LogP contribution in [-0.4, -0.2) is 15.0 Å². The van der Waals surface area contributed by atoms with Crippen molar-refractivity contribution in [2.75, 3.05) is 0 Å². The van der Waals surface area contributed by atoms with Crippen molar-refractivity contribution in [3.8, 4) is 33.9 Å². The van der Waals surface area contributed by atoms with Gasteiger partial charge < -0.3 is 0 Å². The van der Waals surface area contributed by atoms with Gasteiger partial charge in [0.05, 0.1) is 11.4 Å². The second-order valence-electron chi connectivity index (χ2n) is 5.43. The third kappa shape index (κ3) is 2.92. The van der Waals surface area contributed by atoms with Crippen LogP contribution in [0.3, 0.4) is 0 Å². The summed E-state index contributed by atoms with van der Waals surface area (Å²) < 4.78 is 0. The minimum Gasteiger partial charge on any atom is -0.248 e. The van der Waals surface area contributed by atoms with Crippen LogP contribution in [0, 0.1) is 0 Å². The number of benzene rings is 2. The van der Waals surface area contributed by atoms with Gasteiger partial charge in [0.2, 0.25) is 0 Å². The van der Waals surface area contributed by atoms with Crippen molar-refractivity contribution in [3.63, 3.8) is 0 Å². The van der Waals surface area contributed by atoms with Gasteiger partial charge in [-0.05, 0) is 18.2 Å². The molecule has 0 N–H and O–H groups in total. The molecule has 24 heavy (non-hydrogen) atoms. The number of nitrogens with zero attached hydrogens (tertiary/aromatic N) is 3. The Balaban J connectivity index is 1.92. The molecule has 0 aliphatic heterocycles. The maximum absolute atomic E-state index is 4.84. The van der Waals surface area contributed by atoms with Crippen LogP contribution in [0.15, 0.2) is 91.3 Å². The number of hydrogen-bond donors (Lipinski definition) is 0. The van der Waals surface area contributed by atoms with E-state index in [1.807, 2.05) is 54.6 Å². The number of aromatic nitrogens is 3. The zero-order valence-corrected chi connectivity index (χ0v) is 13.0. The summed E-state index contributed by atoms with van der Waals surface area (Å²) in [5.41, 5.74) is 4.95. The topological polar surface area (TPSA) is 38.7 Å². The van der Waals surface area contributed by atoms with E-state index in [9.17, 15) is 0 Å². The first-order valence-electron chi connectivity index (χ1n) is 7.80. The van der Waals surface area contributed by atoms with Gasteiger partial charge in [0.15, 0.2) is 5.82 Å². The van der Waals surface area contributed by atoms with Crippen LogP contribution < -0.4 is 0 Å². The van der Waals surface area contributed by atoms with Crippen LogP contribution in [0.1, 0.15) is 0 Å². The highest BCUT2D eigenvalue weighted by Gasteiger charge is 2.09. The van der Waals surface area contributed by atoms with Gasteiger partial charge >= 0.3 is 0 Å². The average molecular weight is 309 g/mol. The smallest absolute Gasteiger partial charge is 0.159 e. The lowest BCUT2D eigenvalue weighted by Gasteiger charge is -2.09. The second-order valence-corrected chi connectivity index (χ2v) is 5.43. The van der Waals surface area contributed by atoms with E-state index in [1.165, 1.54) is 0 Å². The summed E-state index contributed by atoms with van der Waals surface area (Å²) in [5.74, 6) is 0.703. The highest BCUT2D eigenvalue weighted by Crippen LogP contribution is 2.28. The molecule has 0 saturated heterocycles. The van der Waals surface area contributed by atoms with E-state index in [0.717, 1.165) is 28.1 Å². The molecule has 0 spiro atoms. The van der Waals surface area contributed by atoms with Crippen LogP contribution >= 0.6 is 0 Å². The van der Waals surface area contributed by atoms with Gasteiger partial charge in [0.1, 0.15) is 0 Å². The molecule has 3 heteroatoms. The Morgan fingerprint density at radius 1 is 0.500 bits per heavy atom. The van der Waals surface area contributed by atoms with Gasteiger partial charge in [-0.15, -0.1) is 0 Å². The molecule has 3 nitrogen and oxygen atoms in total. The molecule has 0 saturated carbocycles. The van der Waals surface area contributed by atoms with Crippen LogP contribution in [0.25, 0.3) is 33.9 Å². The van der Waals surface area contributed by atoms with E-state index >= 15 is 0 Å². The Morgan fingerprint density at radius 3 is 1.50 bits per heavy atom. The second kappa shape index (κ2) is 6.42.